The Morgan fingerprint density at radius 1 is 1.00 bits per heavy atom. The Kier molecular flexibility index (Phi) is 5.03. The summed E-state index contributed by atoms with van der Waals surface area (Å²) in [6, 6.07) is 23.1. The molecule has 3 aromatic rings. The minimum Gasteiger partial charge on any atom is -0.369 e. The Labute approximate surface area is 149 Å². The first kappa shape index (κ1) is 17.0. The molecule has 0 aliphatic carbocycles. The van der Waals surface area contributed by atoms with E-state index in [1.54, 1.807) is 0 Å². The first-order valence-electron chi connectivity index (χ1n) is 8.80. The number of hydrogen-bond acceptors (Lipinski definition) is 1. The molecule has 0 aliphatic rings. The van der Waals surface area contributed by atoms with E-state index in [1.807, 2.05) is 24.3 Å². The van der Waals surface area contributed by atoms with Crippen LogP contribution in [-0.2, 0) is 6.42 Å². The topological polar surface area (TPSA) is 41.6 Å². The Morgan fingerprint density at radius 3 is 2.48 bits per heavy atom. The van der Waals surface area contributed by atoms with Gasteiger partial charge in [0.1, 0.15) is 0 Å². The number of anilines is 1. The fourth-order valence-corrected chi connectivity index (χ4v) is 3.10. The van der Waals surface area contributed by atoms with E-state index in [-0.39, 0.29) is 6.04 Å². The van der Waals surface area contributed by atoms with Crippen LogP contribution in [0.15, 0.2) is 71.7 Å². The van der Waals surface area contributed by atoms with Gasteiger partial charge in [0, 0.05) is 17.1 Å². The summed E-state index contributed by atoms with van der Waals surface area (Å²) >= 11 is 0. The van der Waals surface area contributed by atoms with Crippen LogP contribution in [-0.4, -0.2) is 12.0 Å². The van der Waals surface area contributed by atoms with Crippen LogP contribution in [0.25, 0.3) is 10.8 Å². The third-order valence-corrected chi connectivity index (χ3v) is 4.36. The Balaban J connectivity index is 2.05. The third-order valence-electron chi connectivity index (χ3n) is 4.36. The number of benzene rings is 3. The van der Waals surface area contributed by atoms with E-state index in [4.69, 9.17) is 10.7 Å². The van der Waals surface area contributed by atoms with Crippen molar-refractivity contribution in [2.24, 2.45) is 10.7 Å². The summed E-state index contributed by atoms with van der Waals surface area (Å²) in [5, 5.41) is 2.28. The predicted molar refractivity (Wildman–Crippen MR) is 109 cm³/mol. The molecule has 0 aliphatic heterocycles. The maximum atomic E-state index is 6.44. The van der Waals surface area contributed by atoms with Crippen molar-refractivity contribution in [2.45, 2.75) is 33.2 Å². The van der Waals surface area contributed by atoms with Gasteiger partial charge in [0.25, 0.3) is 0 Å². The number of hydrogen-bond donors (Lipinski definition) is 1. The van der Waals surface area contributed by atoms with Crippen LogP contribution >= 0.6 is 0 Å². The van der Waals surface area contributed by atoms with Crippen LogP contribution in [0, 0.1) is 0 Å². The molecule has 0 fully saturated rings. The van der Waals surface area contributed by atoms with E-state index in [0.717, 1.165) is 23.2 Å². The van der Waals surface area contributed by atoms with E-state index in [1.165, 1.54) is 10.9 Å². The second-order valence-electron chi connectivity index (χ2n) is 6.46. The van der Waals surface area contributed by atoms with Crippen molar-refractivity contribution in [2.75, 3.05) is 4.90 Å². The normalized spacial score (nSPS) is 11.9. The molecule has 0 heterocycles. The van der Waals surface area contributed by atoms with Gasteiger partial charge in [0.2, 0.25) is 5.96 Å². The Hall–Kier alpha value is -2.81. The zero-order chi connectivity index (χ0) is 17.8. The molecule has 3 rings (SSSR count). The molecule has 3 aromatic carbocycles. The molecule has 2 N–H and O–H groups in total. The van der Waals surface area contributed by atoms with Gasteiger partial charge in [0.15, 0.2) is 0 Å². The van der Waals surface area contributed by atoms with Gasteiger partial charge < -0.3 is 10.6 Å². The first-order valence-corrected chi connectivity index (χ1v) is 8.80. The van der Waals surface area contributed by atoms with Crippen molar-refractivity contribution in [1.29, 1.82) is 0 Å². The average Bonchev–Trinajstić information content (AvgIpc) is 2.62. The van der Waals surface area contributed by atoms with Gasteiger partial charge in [-0.1, -0.05) is 55.5 Å². The number of fused-ring (bicyclic) bond motifs is 1. The van der Waals surface area contributed by atoms with E-state index < -0.39 is 0 Å². The van der Waals surface area contributed by atoms with E-state index in [2.05, 4.69) is 68.1 Å². The number of guanidine groups is 1. The molecule has 0 atom stereocenters. The summed E-state index contributed by atoms with van der Waals surface area (Å²) in [4.78, 5) is 6.85. The summed E-state index contributed by atoms with van der Waals surface area (Å²) in [5.74, 6) is 0.514. The minimum absolute atomic E-state index is 0.214. The maximum absolute atomic E-state index is 6.44. The fourth-order valence-electron chi connectivity index (χ4n) is 3.10. The zero-order valence-electron chi connectivity index (χ0n) is 15.1. The molecule has 0 radical (unpaired) electrons. The van der Waals surface area contributed by atoms with Crippen LogP contribution in [0.5, 0.6) is 0 Å². The van der Waals surface area contributed by atoms with Crippen LogP contribution in [0.4, 0.5) is 11.4 Å². The number of nitrogens with zero attached hydrogens (tertiary/aromatic N) is 2. The second-order valence-corrected chi connectivity index (χ2v) is 6.46. The lowest BCUT2D eigenvalue weighted by Crippen LogP contribution is -2.42. The van der Waals surface area contributed by atoms with Crippen molar-refractivity contribution in [3.63, 3.8) is 0 Å². The van der Waals surface area contributed by atoms with E-state index >= 15 is 0 Å². The van der Waals surface area contributed by atoms with Gasteiger partial charge in [0.05, 0.1) is 5.69 Å². The molecule has 0 saturated carbocycles. The van der Waals surface area contributed by atoms with Gasteiger partial charge in [-0.2, -0.15) is 0 Å². The van der Waals surface area contributed by atoms with Crippen molar-refractivity contribution in [3.8, 4) is 0 Å². The van der Waals surface area contributed by atoms with Crippen LogP contribution < -0.4 is 10.6 Å². The molecule has 128 valence electrons. The Bertz CT molecular complexity index is 891. The molecular weight excluding hydrogens is 306 g/mol. The number of aliphatic imine (C=N–C) groups is 1. The van der Waals surface area contributed by atoms with Crippen LogP contribution in [0.1, 0.15) is 26.3 Å². The van der Waals surface area contributed by atoms with Gasteiger partial charge in [-0.15, -0.1) is 0 Å². The van der Waals surface area contributed by atoms with Gasteiger partial charge >= 0.3 is 0 Å². The standard InChI is InChI=1S/C22H25N3/c1-4-17-9-7-12-19(15-17)25(16(2)3)22(23)24-21-14-8-11-18-10-5-6-13-20(18)21/h5-16H,4H2,1-3H3,(H2,23,24). The first-order chi connectivity index (χ1) is 12.1. The lowest BCUT2D eigenvalue weighted by atomic mass is 10.1. The lowest BCUT2D eigenvalue weighted by molar-refractivity contribution is 0.801. The molecular formula is C22H25N3. The molecule has 0 saturated heterocycles. The summed E-state index contributed by atoms with van der Waals surface area (Å²) in [7, 11) is 0. The summed E-state index contributed by atoms with van der Waals surface area (Å²) in [6.45, 7) is 6.42. The molecule has 0 spiro atoms. The van der Waals surface area contributed by atoms with Gasteiger partial charge in [-0.3, -0.25) is 0 Å². The third kappa shape index (κ3) is 3.66. The lowest BCUT2D eigenvalue weighted by Gasteiger charge is -2.28. The molecule has 0 unspecified atom stereocenters. The van der Waals surface area contributed by atoms with Crippen LogP contribution in [0.3, 0.4) is 0 Å². The molecule has 25 heavy (non-hydrogen) atoms. The SMILES string of the molecule is CCc1cccc(N(C(N)=Nc2cccc3ccccc23)C(C)C)c1. The summed E-state index contributed by atoms with van der Waals surface area (Å²) in [6.07, 6.45) is 1.00. The van der Waals surface area contributed by atoms with E-state index in [0.29, 0.717) is 5.96 Å². The fraction of sp³-hybridized carbons (Fsp3) is 0.227. The maximum Gasteiger partial charge on any atom is 0.201 e. The average molecular weight is 331 g/mol. The number of nitrogens with two attached hydrogens (primary N) is 1. The van der Waals surface area contributed by atoms with Gasteiger partial charge in [-0.05, 0) is 49.4 Å². The van der Waals surface area contributed by atoms with Crippen molar-refractivity contribution >= 4 is 28.1 Å². The van der Waals surface area contributed by atoms with Crippen molar-refractivity contribution in [3.05, 3.63) is 72.3 Å². The number of rotatable bonds is 4. The monoisotopic (exact) mass is 331 g/mol. The Morgan fingerprint density at radius 2 is 1.72 bits per heavy atom. The molecule has 3 heteroatoms. The largest absolute Gasteiger partial charge is 0.369 e. The van der Waals surface area contributed by atoms with E-state index in [9.17, 15) is 0 Å². The number of aryl methyl sites for hydroxylation is 1. The molecule has 0 amide bonds. The molecule has 0 bridgehead atoms. The zero-order valence-corrected chi connectivity index (χ0v) is 15.1. The summed E-state index contributed by atoms with van der Waals surface area (Å²) in [5.41, 5.74) is 9.71. The highest BCUT2D eigenvalue weighted by Gasteiger charge is 2.15. The van der Waals surface area contributed by atoms with Crippen molar-refractivity contribution in [1.82, 2.24) is 0 Å². The molecule has 3 nitrogen and oxygen atoms in total. The smallest absolute Gasteiger partial charge is 0.201 e. The van der Waals surface area contributed by atoms with Crippen molar-refractivity contribution < 1.29 is 0 Å². The summed E-state index contributed by atoms with van der Waals surface area (Å²) < 4.78 is 0. The van der Waals surface area contributed by atoms with Crippen LogP contribution in [0.2, 0.25) is 0 Å². The second kappa shape index (κ2) is 7.39. The highest BCUT2D eigenvalue weighted by molar-refractivity contribution is 6.01. The highest BCUT2D eigenvalue weighted by atomic mass is 15.3. The highest BCUT2D eigenvalue weighted by Crippen LogP contribution is 2.27. The quantitative estimate of drug-likeness (QED) is 0.523. The predicted octanol–water partition coefficient (Wildman–Crippen LogP) is 5.26. The molecule has 0 aromatic heterocycles. The van der Waals surface area contributed by atoms with Gasteiger partial charge in [-0.25, -0.2) is 4.99 Å². The minimum atomic E-state index is 0.214.